The van der Waals surface area contributed by atoms with E-state index in [0.29, 0.717) is 6.54 Å². The summed E-state index contributed by atoms with van der Waals surface area (Å²) in [7, 11) is 1.87. The van der Waals surface area contributed by atoms with Gasteiger partial charge in [0.2, 0.25) is 0 Å². The number of anilines is 2. The van der Waals surface area contributed by atoms with E-state index in [-0.39, 0.29) is 0 Å². The van der Waals surface area contributed by atoms with Gasteiger partial charge in [-0.1, -0.05) is 0 Å². The number of pyridine rings is 1. The normalized spacial score (nSPS) is 10.1. The van der Waals surface area contributed by atoms with E-state index in [2.05, 4.69) is 15.6 Å². The van der Waals surface area contributed by atoms with Gasteiger partial charge in [-0.3, -0.25) is 4.98 Å². The highest BCUT2D eigenvalue weighted by atomic mass is 16.3. The molecule has 4 nitrogen and oxygen atoms in total. The van der Waals surface area contributed by atoms with Crippen LogP contribution in [0.1, 0.15) is 11.5 Å². The Balaban J connectivity index is 1.99. The Morgan fingerprint density at radius 3 is 2.75 bits per heavy atom. The van der Waals surface area contributed by atoms with Crippen molar-refractivity contribution in [2.45, 2.75) is 13.5 Å². The van der Waals surface area contributed by atoms with Gasteiger partial charge in [-0.25, -0.2) is 0 Å². The summed E-state index contributed by atoms with van der Waals surface area (Å²) in [5, 5.41) is 6.30. The molecule has 16 heavy (non-hydrogen) atoms. The van der Waals surface area contributed by atoms with E-state index < -0.39 is 0 Å². The summed E-state index contributed by atoms with van der Waals surface area (Å²) in [6, 6.07) is 5.93. The van der Waals surface area contributed by atoms with E-state index in [0.717, 1.165) is 22.9 Å². The third-order valence-corrected chi connectivity index (χ3v) is 2.29. The zero-order chi connectivity index (χ0) is 11.4. The van der Waals surface area contributed by atoms with Gasteiger partial charge in [0.05, 0.1) is 30.3 Å². The van der Waals surface area contributed by atoms with Crippen molar-refractivity contribution in [2.24, 2.45) is 0 Å². The number of hydrogen-bond acceptors (Lipinski definition) is 4. The topological polar surface area (TPSA) is 50.1 Å². The Labute approximate surface area is 94.7 Å². The molecule has 0 bridgehead atoms. The van der Waals surface area contributed by atoms with Crippen molar-refractivity contribution in [3.8, 4) is 0 Å². The zero-order valence-corrected chi connectivity index (χ0v) is 9.45. The minimum absolute atomic E-state index is 0.669. The second kappa shape index (κ2) is 4.70. The fraction of sp³-hybridized carbons (Fsp3) is 0.250. The summed E-state index contributed by atoms with van der Waals surface area (Å²) >= 11 is 0. The van der Waals surface area contributed by atoms with Crippen LogP contribution in [0.3, 0.4) is 0 Å². The number of nitrogens with zero attached hydrogens (tertiary/aromatic N) is 1. The van der Waals surface area contributed by atoms with Crippen LogP contribution in [0, 0.1) is 6.92 Å². The lowest BCUT2D eigenvalue weighted by Crippen LogP contribution is -1.99. The molecule has 0 saturated heterocycles. The Bertz CT molecular complexity index is 465. The first kappa shape index (κ1) is 10.5. The second-order valence-corrected chi connectivity index (χ2v) is 3.58. The van der Waals surface area contributed by atoms with Crippen molar-refractivity contribution in [1.82, 2.24) is 4.98 Å². The summed E-state index contributed by atoms with van der Waals surface area (Å²) in [4.78, 5) is 4.12. The van der Waals surface area contributed by atoms with Gasteiger partial charge in [0.25, 0.3) is 0 Å². The van der Waals surface area contributed by atoms with Crippen LogP contribution in [0.25, 0.3) is 0 Å². The lowest BCUT2D eigenvalue weighted by Gasteiger charge is -2.05. The van der Waals surface area contributed by atoms with Gasteiger partial charge >= 0.3 is 0 Å². The maximum absolute atomic E-state index is 5.46. The highest BCUT2D eigenvalue weighted by Gasteiger charge is 1.99. The summed E-state index contributed by atoms with van der Waals surface area (Å²) in [5.74, 6) is 1.85. The summed E-state index contributed by atoms with van der Waals surface area (Å²) in [6.45, 7) is 2.61. The van der Waals surface area contributed by atoms with Crippen molar-refractivity contribution in [3.63, 3.8) is 0 Å². The Morgan fingerprint density at radius 2 is 2.06 bits per heavy atom. The maximum Gasteiger partial charge on any atom is 0.123 e. The molecule has 2 aromatic rings. The van der Waals surface area contributed by atoms with Gasteiger partial charge in [-0.2, -0.15) is 0 Å². The Kier molecular flexibility index (Phi) is 3.10. The van der Waals surface area contributed by atoms with E-state index in [4.69, 9.17) is 4.42 Å². The van der Waals surface area contributed by atoms with E-state index in [9.17, 15) is 0 Å². The Morgan fingerprint density at radius 1 is 1.25 bits per heavy atom. The van der Waals surface area contributed by atoms with Crippen LogP contribution in [0.15, 0.2) is 35.0 Å². The molecular weight excluding hydrogens is 202 g/mol. The molecule has 4 heteroatoms. The van der Waals surface area contributed by atoms with Crippen LogP contribution in [-0.4, -0.2) is 12.0 Å². The van der Waals surface area contributed by atoms with Gasteiger partial charge in [-0.15, -0.1) is 0 Å². The highest BCUT2D eigenvalue weighted by molar-refractivity contribution is 5.53. The van der Waals surface area contributed by atoms with Crippen molar-refractivity contribution >= 4 is 11.4 Å². The molecule has 0 spiro atoms. The fourth-order valence-corrected chi connectivity index (χ4v) is 1.44. The zero-order valence-electron chi connectivity index (χ0n) is 9.45. The number of hydrogen-bond donors (Lipinski definition) is 2. The van der Waals surface area contributed by atoms with E-state index >= 15 is 0 Å². The van der Waals surface area contributed by atoms with Crippen LogP contribution in [0.4, 0.5) is 11.4 Å². The van der Waals surface area contributed by atoms with Crippen molar-refractivity contribution in [3.05, 3.63) is 42.1 Å². The first-order valence-corrected chi connectivity index (χ1v) is 5.20. The lowest BCUT2D eigenvalue weighted by atomic mass is 10.3. The highest BCUT2D eigenvalue weighted by Crippen LogP contribution is 2.14. The molecule has 0 aliphatic heterocycles. The molecule has 0 saturated carbocycles. The lowest BCUT2D eigenvalue weighted by molar-refractivity contribution is 0.490. The maximum atomic E-state index is 5.46. The molecular formula is C12H15N3O. The number of furan rings is 1. The molecule has 2 aromatic heterocycles. The van der Waals surface area contributed by atoms with Gasteiger partial charge in [-0.05, 0) is 25.1 Å². The van der Waals surface area contributed by atoms with Crippen molar-refractivity contribution in [1.29, 1.82) is 0 Å². The van der Waals surface area contributed by atoms with Gasteiger partial charge < -0.3 is 15.1 Å². The number of nitrogens with one attached hydrogen (secondary N) is 2. The predicted octanol–water partition coefficient (Wildman–Crippen LogP) is 2.64. The number of aryl methyl sites for hydroxylation is 1. The first-order chi connectivity index (χ1) is 7.78. The summed E-state index contributed by atoms with van der Waals surface area (Å²) in [5.41, 5.74) is 1.96. The summed E-state index contributed by atoms with van der Waals surface area (Å²) < 4.78 is 5.46. The molecule has 2 heterocycles. The van der Waals surface area contributed by atoms with Crippen LogP contribution in [0.5, 0.6) is 0 Å². The third-order valence-electron chi connectivity index (χ3n) is 2.29. The average molecular weight is 217 g/mol. The molecule has 0 fully saturated rings. The van der Waals surface area contributed by atoms with Crippen LogP contribution in [0.2, 0.25) is 0 Å². The molecule has 0 atom stereocenters. The fourth-order valence-electron chi connectivity index (χ4n) is 1.44. The van der Waals surface area contributed by atoms with Crippen LogP contribution < -0.4 is 10.6 Å². The standard InChI is InChI=1S/C12H15N3O/c1-9-3-4-12(16-9)8-15-11-5-10(13-2)6-14-7-11/h3-7,13,15H,8H2,1-2H3. The SMILES string of the molecule is CNc1cncc(NCc2ccc(C)o2)c1. The molecule has 2 rings (SSSR count). The largest absolute Gasteiger partial charge is 0.465 e. The second-order valence-electron chi connectivity index (χ2n) is 3.58. The van der Waals surface area contributed by atoms with Crippen molar-refractivity contribution < 1.29 is 4.42 Å². The Hall–Kier alpha value is -1.97. The van der Waals surface area contributed by atoms with E-state index in [1.54, 1.807) is 12.4 Å². The molecule has 0 unspecified atom stereocenters. The van der Waals surface area contributed by atoms with Gasteiger partial charge in [0.15, 0.2) is 0 Å². The molecule has 0 aliphatic carbocycles. The third kappa shape index (κ3) is 2.53. The first-order valence-electron chi connectivity index (χ1n) is 5.20. The monoisotopic (exact) mass is 217 g/mol. The molecule has 84 valence electrons. The predicted molar refractivity (Wildman–Crippen MR) is 64.6 cm³/mol. The minimum atomic E-state index is 0.669. The summed E-state index contributed by atoms with van der Waals surface area (Å²) in [6.07, 6.45) is 3.57. The van der Waals surface area contributed by atoms with E-state index in [1.807, 2.05) is 32.2 Å². The molecule has 0 aliphatic rings. The van der Waals surface area contributed by atoms with Gasteiger partial charge in [0.1, 0.15) is 11.5 Å². The molecule has 0 radical (unpaired) electrons. The average Bonchev–Trinajstić information content (AvgIpc) is 2.73. The molecule has 0 aromatic carbocycles. The minimum Gasteiger partial charge on any atom is -0.465 e. The van der Waals surface area contributed by atoms with Crippen LogP contribution >= 0.6 is 0 Å². The molecule has 0 amide bonds. The van der Waals surface area contributed by atoms with E-state index in [1.165, 1.54) is 0 Å². The van der Waals surface area contributed by atoms with Crippen LogP contribution in [-0.2, 0) is 6.54 Å². The smallest absolute Gasteiger partial charge is 0.123 e. The number of rotatable bonds is 4. The quantitative estimate of drug-likeness (QED) is 0.826. The number of aromatic nitrogens is 1. The van der Waals surface area contributed by atoms with Crippen molar-refractivity contribution in [2.75, 3.05) is 17.7 Å². The molecule has 2 N–H and O–H groups in total. The van der Waals surface area contributed by atoms with Gasteiger partial charge in [0, 0.05) is 7.05 Å².